The lowest BCUT2D eigenvalue weighted by molar-refractivity contribution is 0.0767. The minimum Gasteiger partial charge on any atom is -0.391 e. The van der Waals surface area contributed by atoms with Crippen molar-refractivity contribution < 1.29 is 9.50 Å². The van der Waals surface area contributed by atoms with Gasteiger partial charge in [-0.15, -0.1) is 0 Å². The first-order valence-corrected chi connectivity index (χ1v) is 7.55. The predicted octanol–water partition coefficient (Wildman–Crippen LogP) is 4.08. The van der Waals surface area contributed by atoms with E-state index in [1.54, 1.807) is 6.07 Å². The van der Waals surface area contributed by atoms with E-state index >= 15 is 0 Å². The van der Waals surface area contributed by atoms with Gasteiger partial charge in [-0.1, -0.05) is 12.8 Å². The van der Waals surface area contributed by atoms with Crippen molar-refractivity contribution in [3.63, 3.8) is 0 Å². The van der Waals surface area contributed by atoms with Gasteiger partial charge in [0, 0.05) is 6.07 Å². The third-order valence-corrected chi connectivity index (χ3v) is 4.69. The van der Waals surface area contributed by atoms with E-state index < -0.39 is 6.10 Å². The van der Waals surface area contributed by atoms with Crippen LogP contribution in [0.2, 0.25) is 0 Å². The van der Waals surface area contributed by atoms with Crippen LogP contribution in [0.15, 0.2) is 16.6 Å². The van der Waals surface area contributed by atoms with Crippen LogP contribution in [-0.2, 0) is 0 Å². The minimum atomic E-state index is -0.411. The van der Waals surface area contributed by atoms with E-state index in [1.165, 1.54) is 6.07 Å². The summed E-state index contributed by atoms with van der Waals surface area (Å²) in [5.41, 5.74) is 1.51. The zero-order valence-corrected chi connectivity index (χ0v) is 12.6. The van der Waals surface area contributed by atoms with E-state index in [0.717, 1.165) is 36.7 Å². The average Bonchev–Trinajstić information content (AvgIpc) is 2.66. The van der Waals surface area contributed by atoms with Crippen LogP contribution >= 0.6 is 28.1 Å². The number of imidazole rings is 1. The van der Waals surface area contributed by atoms with Gasteiger partial charge >= 0.3 is 0 Å². The van der Waals surface area contributed by atoms with Gasteiger partial charge in [0.1, 0.15) is 5.82 Å². The lowest BCUT2D eigenvalue weighted by Gasteiger charge is -2.29. The summed E-state index contributed by atoms with van der Waals surface area (Å²) in [6.07, 6.45) is 3.34. The molecule has 6 heteroatoms. The number of nitrogens with zero attached hydrogens (tertiary/aromatic N) is 1. The van der Waals surface area contributed by atoms with E-state index in [-0.39, 0.29) is 11.9 Å². The second kappa shape index (κ2) is 5.00. The molecular formula is C13H14BrFN2OS. The third-order valence-electron chi connectivity index (χ3n) is 3.78. The second-order valence-electron chi connectivity index (χ2n) is 5.00. The van der Waals surface area contributed by atoms with Crippen molar-refractivity contribution in [2.24, 2.45) is 0 Å². The van der Waals surface area contributed by atoms with Gasteiger partial charge < -0.3 is 14.7 Å². The lowest BCUT2D eigenvalue weighted by Crippen LogP contribution is -2.27. The highest BCUT2D eigenvalue weighted by atomic mass is 79.9. The lowest BCUT2D eigenvalue weighted by atomic mass is 9.92. The quantitative estimate of drug-likeness (QED) is 0.765. The molecule has 0 aliphatic heterocycles. The molecule has 1 heterocycles. The van der Waals surface area contributed by atoms with Gasteiger partial charge in [0.05, 0.1) is 27.7 Å². The number of fused-ring (bicyclic) bond motifs is 1. The average molecular weight is 345 g/mol. The summed E-state index contributed by atoms with van der Waals surface area (Å²) >= 11 is 8.50. The van der Waals surface area contributed by atoms with Crippen molar-refractivity contribution in [1.82, 2.24) is 9.55 Å². The number of H-pyrrole nitrogens is 1. The van der Waals surface area contributed by atoms with Crippen LogP contribution in [0.4, 0.5) is 4.39 Å². The predicted molar refractivity (Wildman–Crippen MR) is 78.3 cm³/mol. The summed E-state index contributed by atoms with van der Waals surface area (Å²) in [6, 6.07) is 3.09. The van der Waals surface area contributed by atoms with Crippen LogP contribution < -0.4 is 0 Å². The van der Waals surface area contributed by atoms with Crippen molar-refractivity contribution in [2.45, 2.75) is 37.8 Å². The van der Waals surface area contributed by atoms with Crippen LogP contribution in [0.25, 0.3) is 11.0 Å². The highest BCUT2D eigenvalue weighted by molar-refractivity contribution is 9.10. The Hall–Kier alpha value is -0.720. The number of aliphatic hydroxyl groups excluding tert-OH is 1. The summed E-state index contributed by atoms with van der Waals surface area (Å²) < 4.78 is 16.5. The van der Waals surface area contributed by atoms with Crippen molar-refractivity contribution in [3.8, 4) is 0 Å². The molecule has 0 amide bonds. The minimum absolute atomic E-state index is 0.0597. The van der Waals surface area contributed by atoms with Crippen LogP contribution in [0.3, 0.4) is 0 Å². The molecule has 102 valence electrons. The Labute approximate surface area is 123 Å². The Kier molecular flexibility index (Phi) is 3.49. The molecule has 19 heavy (non-hydrogen) atoms. The fourth-order valence-corrected chi connectivity index (χ4v) is 3.53. The van der Waals surface area contributed by atoms with Gasteiger partial charge in [0.15, 0.2) is 4.77 Å². The molecule has 2 unspecified atom stereocenters. The highest BCUT2D eigenvalue weighted by Gasteiger charge is 2.26. The Balaban J connectivity index is 2.19. The molecule has 1 aliphatic carbocycles. The summed E-state index contributed by atoms with van der Waals surface area (Å²) in [4.78, 5) is 3.08. The monoisotopic (exact) mass is 344 g/mol. The third kappa shape index (κ3) is 2.26. The normalized spacial score (nSPS) is 23.9. The van der Waals surface area contributed by atoms with Gasteiger partial charge in [-0.3, -0.25) is 0 Å². The maximum Gasteiger partial charge on any atom is 0.178 e. The van der Waals surface area contributed by atoms with E-state index in [1.807, 2.05) is 4.57 Å². The molecule has 0 bridgehead atoms. The first kappa shape index (κ1) is 13.3. The topological polar surface area (TPSA) is 41.0 Å². The van der Waals surface area contributed by atoms with Gasteiger partial charge in [0.25, 0.3) is 0 Å². The fraction of sp³-hybridized carbons (Fsp3) is 0.462. The van der Waals surface area contributed by atoms with Crippen LogP contribution in [0, 0.1) is 10.6 Å². The molecule has 2 N–H and O–H groups in total. The maximum atomic E-state index is 13.7. The van der Waals surface area contributed by atoms with Crippen molar-refractivity contribution in [3.05, 3.63) is 27.2 Å². The molecular weight excluding hydrogens is 331 g/mol. The van der Waals surface area contributed by atoms with E-state index in [2.05, 4.69) is 20.9 Å². The molecule has 1 aromatic carbocycles. The molecule has 2 atom stereocenters. The maximum absolute atomic E-state index is 13.7. The molecule has 3 nitrogen and oxygen atoms in total. The molecule has 0 radical (unpaired) electrons. The summed E-state index contributed by atoms with van der Waals surface area (Å²) in [5.74, 6) is -0.319. The molecule has 0 saturated heterocycles. The zero-order chi connectivity index (χ0) is 13.6. The SMILES string of the molecule is OC1CCCCC1n1c(=S)[nH]c2cc(Br)c(F)cc21. The van der Waals surface area contributed by atoms with Crippen LogP contribution in [-0.4, -0.2) is 20.8 Å². The smallest absolute Gasteiger partial charge is 0.178 e. The molecule has 2 aromatic rings. The second-order valence-corrected chi connectivity index (χ2v) is 6.24. The number of aromatic amines is 1. The molecule has 1 aliphatic rings. The standard InChI is InChI=1S/C13H14BrFN2OS/c14-7-5-9-11(6-8(7)15)17(13(19)16-9)10-3-1-2-4-12(10)18/h5-6,10,12,18H,1-4H2,(H,16,19). The number of halogens is 2. The summed E-state index contributed by atoms with van der Waals surface area (Å²) in [5, 5.41) is 10.2. The van der Waals surface area contributed by atoms with Crippen molar-refractivity contribution in [1.29, 1.82) is 0 Å². The molecule has 1 fully saturated rings. The molecule has 3 rings (SSSR count). The highest BCUT2D eigenvalue weighted by Crippen LogP contribution is 2.33. The van der Waals surface area contributed by atoms with Crippen LogP contribution in [0.1, 0.15) is 31.7 Å². The van der Waals surface area contributed by atoms with Gasteiger partial charge in [-0.25, -0.2) is 4.39 Å². The number of hydrogen-bond donors (Lipinski definition) is 2. The zero-order valence-electron chi connectivity index (χ0n) is 10.2. The van der Waals surface area contributed by atoms with Gasteiger partial charge in [-0.05, 0) is 47.1 Å². The molecule has 0 spiro atoms. The number of nitrogens with one attached hydrogen (secondary N) is 1. The number of rotatable bonds is 1. The Morgan fingerprint density at radius 2 is 2.11 bits per heavy atom. The first-order valence-electron chi connectivity index (χ1n) is 6.35. The number of hydrogen-bond acceptors (Lipinski definition) is 2. The Bertz CT molecular complexity index is 681. The van der Waals surface area contributed by atoms with Gasteiger partial charge in [0.2, 0.25) is 0 Å². The Morgan fingerprint density at radius 1 is 1.37 bits per heavy atom. The van der Waals surface area contributed by atoms with E-state index in [0.29, 0.717) is 9.24 Å². The van der Waals surface area contributed by atoms with Crippen molar-refractivity contribution in [2.75, 3.05) is 0 Å². The number of aliphatic hydroxyl groups is 1. The molecule has 1 aromatic heterocycles. The first-order chi connectivity index (χ1) is 9.08. The number of benzene rings is 1. The largest absolute Gasteiger partial charge is 0.391 e. The number of aromatic nitrogens is 2. The Morgan fingerprint density at radius 3 is 2.84 bits per heavy atom. The van der Waals surface area contributed by atoms with E-state index in [4.69, 9.17) is 12.2 Å². The van der Waals surface area contributed by atoms with Crippen molar-refractivity contribution >= 4 is 39.2 Å². The fourth-order valence-electron chi connectivity index (χ4n) is 2.84. The van der Waals surface area contributed by atoms with Gasteiger partial charge in [-0.2, -0.15) is 0 Å². The summed E-state index contributed by atoms with van der Waals surface area (Å²) in [6.45, 7) is 0. The van der Waals surface area contributed by atoms with Crippen LogP contribution in [0.5, 0.6) is 0 Å². The molecule has 1 saturated carbocycles. The summed E-state index contributed by atoms with van der Waals surface area (Å²) in [7, 11) is 0. The van der Waals surface area contributed by atoms with E-state index in [9.17, 15) is 9.50 Å².